The Bertz CT molecular complexity index is 327. The fourth-order valence-electron chi connectivity index (χ4n) is 3.04. The van der Waals surface area contributed by atoms with Gasteiger partial charge in [-0.3, -0.25) is 4.79 Å². The number of carbonyl (C=O) groups excluding carboxylic acids is 1. The average Bonchev–Trinajstić information content (AvgIpc) is 2.49. The van der Waals surface area contributed by atoms with E-state index in [1.165, 1.54) is 0 Å². The van der Waals surface area contributed by atoms with Crippen molar-refractivity contribution in [3.05, 3.63) is 0 Å². The first-order chi connectivity index (χ1) is 10.1. The average molecular weight is 351 g/mol. The van der Waals surface area contributed by atoms with Crippen molar-refractivity contribution in [1.82, 2.24) is 0 Å². The third-order valence-corrected chi connectivity index (χ3v) is 13.3. The molecule has 0 heterocycles. The van der Waals surface area contributed by atoms with Gasteiger partial charge < -0.3 is 17.7 Å². The minimum Gasteiger partial charge on any atom is -0.518 e. The quantitative estimate of drug-likeness (QED) is 0.560. The van der Waals surface area contributed by atoms with Crippen LogP contribution in [-0.4, -0.2) is 44.4 Å². The number of carbonyl (C=O) groups is 1. The molecule has 0 aliphatic rings. The highest BCUT2D eigenvalue weighted by atomic mass is 28.4. The van der Waals surface area contributed by atoms with Gasteiger partial charge in [0.1, 0.15) is 0 Å². The fraction of sp³-hybridized carbons (Fsp3) is 0.933. The molecule has 0 aromatic carbocycles. The smallest absolute Gasteiger partial charge is 0.501 e. The third-order valence-electron chi connectivity index (χ3n) is 4.69. The molecule has 0 saturated carbocycles. The topological polar surface area (TPSA) is 54.0 Å². The van der Waals surface area contributed by atoms with E-state index in [1.807, 2.05) is 6.92 Å². The molecule has 0 spiro atoms. The Labute approximate surface area is 138 Å². The van der Waals surface area contributed by atoms with Crippen molar-refractivity contribution in [3.8, 4) is 0 Å². The first kappa shape index (κ1) is 21.8. The molecular weight excluding hydrogens is 316 g/mol. The molecule has 0 aromatic heterocycles. The summed E-state index contributed by atoms with van der Waals surface area (Å²) in [6.07, 6.45) is 0. The number of hydrogen-bond donors (Lipinski definition) is 0. The van der Waals surface area contributed by atoms with E-state index in [0.717, 1.165) is 6.04 Å². The molecule has 1 unspecified atom stereocenters. The number of hydrogen-bond acceptors (Lipinski definition) is 5. The SMILES string of the molecule is CC[Si](OC(=O)C(C)C[Si](OC)(OC)OC)(C(C)C)C(C)C. The van der Waals surface area contributed by atoms with Crippen LogP contribution in [0.25, 0.3) is 0 Å². The molecule has 7 heteroatoms. The standard InChI is InChI=1S/C15H34O5Si2/c1-10-21(12(2)3,13(4)5)20-15(16)14(6)11-22(17-7,18-8)19-9/h12-14H,10-11H2,1-9H3. The van der Waals surface area contributed by atoms with Gasteiger partial charge in [0.25, 0.3) is 14.3 Å². The Hall–Kier alpha value is -0.216. The highest BCUT2D eigenvalue weighted by molar-refractivity contribution is 6.77. The summed E-state index contributed by atoms with van der Waals surface area (Å²) >= 11 is 0. The zero-order valence-corrected chi connectivity index (χ0v) is 17.7. The molecular formula is C15H34O5Si2. The van der Waals surface area contributed by atoms with Crippen LogP contribution in [0.1, 0.15) is 41.5 Å². The van der Waals surface area contributed by atoms with Crippen molar-refractivity contribution < 1.29 is 22.5 Å². The van der Waals surface area contributed by atoms with Crippen LogP contribution < -0.4 is 0 Å². The summed E-state index contributed by atoms with van der Waals surface area (Å²) in [5.41, 5.74) is 0.783. The normalized spacial score (nSPS) is 14.5. The van der Waals surface area contributed by atoms with Gasteiger partial charge in [0.15, 0.2) is 0 Å². The zero-order chi connectivity index (χ0) is 17.6. The van der Waals surface area contributed by atoms with Crippen molar-refractivity contribution in [3.63, 3.8) is 0 Å². The van der Waals surface area contributed by atoms with Gasteiger partial charge in [0.2, 0.25) is 0 Å². The molecule has 0 radical (unpaired) electrons. The Morgan fingerprint density at radius 2 is 1.32 bits per heavy atom. The molecule has 0 aliphatic heterocycles. The predicted molar refractivity (Wildman–Crippen MR) is 93.3 cm³/mol. The van der Waals surface area contributed by atoms with Crippen LogP contribution in [0.2, 0.25) is 23.2 Å². The van der Waals surface area contributed by atoms with E-state index in [9.17, 15) is 4.79 Å². The van der Waals surface area contributed by atoms with Crippen molar-refractivity contribution >= 4 is 23.1 Å². The molecule has 0 saturated heterocycles. The summed E-state index contributed by atoms with van der Waals surface area (Å²) < 4.78 is 22.3. The molecule has 0 N–H and O–H groups in total. The Morgan fingerprint density at radius 3 is 1.59 bits per heavy atom. The maximum Gasteiger partial charge on any atom is 0.501 e. The molecule has 22 heavy (non-hydrogen) atoms. The van der Waals surface area contributed by atoms with Gasteiger partial charge in [-0.05, 0) is 17.1 Å². The fourth-order valence-corrected chi connectivity index (χ4v) is 9.11. The van der Waals surface area contributed by atoms with E-state index >= 15 is 0 Å². The largest absolute Gasteiger partial charge is 0.518 e. The van der Waals surface area contributed by atoms with Crippen molar-refractivity contribution in [1.29, 1.82) is 0 Å². The van der Waals surface area contributed by atoms with Crippen LogP contribution in [-0.2, 0) is 22.5 Å². The lowest BCUT2D eigenvalue weighted by Crippen LogP contribution is -2.49. The summed E-state index contributed by atoms with van der Waals surface area (Å²) in [5.74, 6) is -0.457. The van der Waals surface area contributed by atoms with E-state index < -0.39 is 17.1 Å². The number of rotatable bonds is 10. The van der Waals surface area contributed by atoms with E-state index in [4.69, 9.17) is 17.7 Å². The second kappa shape index (κ2) is 9.17. The van der Waals surface area contributed by atoms with Gasteiger partial charge in [-0.25, -0.2) is 0 Å². The van der Waals surface area contributed by atoms with Crippen LogP contribution in [0.4, 0.5) is 0 Å². The van der Waals surface area contributed by atoms with Crippen molar-refractivity contribution in [2.75, 3.05) is 21.3 Å². The maximum absolute atomic E-state index is 12.6. The molecule has 1 atom stereocenters. The van der Waals surface area contributed by atoms with Gasteiger partial charge in [-0.2, -0.15) is 0 Å². The van der Waals surface area contributed by atoms with Crippen LogP contribution in [0.15, 0.2) is 0 Å². The third kappa shape index (κ3) is 4.89. The summed E-state index contributed by atoms with van der Waals surface area (Å²) in [7, 11) is -0.201. The molecule has 0 rings (SSSR count). The van der Waals surface area contributed by atoms with E-state index in [0.29, 0.717) is 17.1 Å². The summed E-state index contributed by atoms with van der Waals surface area (Å²) in [5, 5.41) is 0. The Morgan fingerprint density at radius 1 is 0.909 bits per heavy atom. The lowest BCUT2D eigenvalue weighted by molar-refractivity contribution is -0.139. The first-order valence-corrected chi connectivity index (χ1v) is 12.2. The van der Waals surface area contributed by atoms with Crippen LogP contribution in [0.3, 0.4) is 0 Å². The highest BCUT2D eigenvalue weighted by Crippen LogP contribution is 2.37. The summed E-state index contributed by atoms with van der Waals surface area (Å²) in [6, 6.07) is 1.36. The zero-order valence-electron chi connectivity index (χ0n) is 15.7. The molecule has 5 nitrogen and oxygen atoms in total. The van der Waals surface area contributed by atoms with Crippen molar-refractivity contribution in [2.24, 2.45) is 5.92 Å². The minimum atomic E-state index is -2.77. The molecule has 0 aromatic rings. The van der Waals surface area contributed by atoms with Gasteiger partial charge in [0.05, 0.1) is 5.92 Å². The Balaban J connectivity index is 5.10. The van der Waals surface area contributed by atoms with E-state index in [2.05, 4.69) is 34.6 Å². The lowest BCUT2D eigenvalue weighted by Gasteiger charge is -2.38. The predicted octanol–water partition coefficient (Wildman–Crippen LogP) is 3.83. The molecule has 0 amide bonds. The van der Waals surface area contributed by atoms with Crippen LogP contribution >= 0.6 is 0 Å². The molecule has 0 bridgehead atoms. The monoisotopic (exact) mass is 350 g/mol. The van der Waals surface area contributed by atoms with Gasteiger partial charge in [-0.15, -0.1) is 0 Å². The van der Waals surface area contributed by atoms with Crippen LogP contribution in [0, 0.1) is 5.92 Å². The summed E-state index contributed by atoms with van der Waals surface area (Å²) in [4.78, 5) is 12.6. The highest BCUT2D eigenvalue weighted by Gasteiger charge is 2.46. The van der Waals surface area contributed by atoms with E-state index in [1.54, 1.807) is 21.3 Å². The second-order valence-corrected chi connectivity index (χ2v) is 14.6. The van der Waals surface area contributed by atoms with Crippen LogP contribution in [0.5, 0.6) is 0 Å². The first-order valence-electron chi connectivity index (χ1n) is 8.02. The maximum atomic E-state index is 12.6. The van der Waals surface area contributed by atoms with Gasteiger partial charge in [0, 0.05) is 27.4 Å². The van der Waals surface area contributed by atoms with Gasteiger partial charge in [-0.1, -0.05) is 41.5 Å². The Kier molecular flexibility index (Phi) is 9.08. The van der Waals surface area contributed by atoms with E-state index in [-0.39, 0.29) is 11.9 Å². The summed E-state index contributed by atoms with van der Waals surface area (Å²) in [6.45, 7) is 12.6. The second-order valence-electron chi connectivity index (χ2n) is 6.44. The molecule has 0 fully saturated rings. The van der Waals surface area contributed by atoms with Gasteiger partial charge >= 0.3 is 8.80 Å². The lowest BCUT2D eigenvalue weighted by atomic mass is 10.2. The molecule has 132 valence electrons. The molecule has 0 aliphatic carbocycles. The minimum absolute atomic E-state index is 0.154. The van der Waals surface area contributed by atoms with Crippen molar-refractivity contribution in [2.45, 2.75) is 64.7 Å².